The zero-order valence-corrected chi connectivity index (χ0v) is 12.0. The van der Waals surface area contributed by atoms with Gasteiger partial charge in [-0.15, -0.1) is 0 Å². The quantitative estimate of drug-likeness (QED) is 0.918. The van der Waals surface area contributed by atoms with E-state index in [1.54, 1.807) is 0 Å². The fourth-order valence-electron chi connectivity index (χ4n) is 2.62. The van der Waals surface area contributed by atoms with Crippen molar-refractivity contribution in [1.82, 2.24) is 4.90 Å². The van der Waals surface area contributed by atoms with E-state index in [0.717, 1.165) is 12.0 Å². The largest absolute Gasteiger partial charge is 0.480 e. The molecule has 1 amide bonds. The number of hydrogen-bond donors (Lipinski definition) is 1. The van der Waals surface area contributed by atoms with E-state index >= 15 is 0 Å². The van der Waals surface area contributed by atoms with E-state index in [2.05, 4.69) is 13.8 Å². The third-order valence-corrected chi connectivity index (χ3v) is 3.86. The smallest absolute Gasteiger partial charge is 0.326 e. The van der Waals surface area contributed by atoms with Gasteiger partial charge in [-0.3, -0.25) is 4.79 Å². The molecule has 0 spiro atoms. The normalized spacial score (nSPS) is 18.6. The Kier molecular flexibility index (Phi) is 4.42. The van der Waals surface area contributed by atoms with E-state index in [0.29, 0.717) is 18.9 Å². The molecule has 2 rings (SSSR count). The van der Waals surface area contributed by atoms with Crippen LogP contribution in [0, 0.1) is 0 Å². The molecular weight excluding hydrogens is 254 g/mol. The monoisotopic (exact) mass is 275 g/mol. The maximum atomic E-state index is 12.2. The lowest BCUT2D eigenvalue weighted by molar-refractivity contribution is -0.148. The van der Waals surface area contributed by atoms with Gasteiger partial charge in [0.05, 0.1) is 6.42 Å². The van der Waals surface area contributed by atoms with Gasteiger partial charge in [0.2, 0.25) is 5.91 Å². The number of amides is 1. The Labute approximate surface area is 119 Å². The molecule has 1 fully saturated rings. The SMILES string of the molecule is CC(C)c1ccc(CC(=O)N2CCCC2C(=O)O)cc1. The molecule has 1 heterocycles. The Hall–Kier alpha value is -1.84. The molecule has 0 aliphatic carbocycles. The summed E-state index contributed by atoms with van der Waals surface area (Å²) in [6.07, 6.45) is 1.62. The molecule has 20 heavy (non-hydrogen) atoms. The minimum atomic E-state index is -0.897. The number of likely N-dealkylation sites (tertiary alicyclic amines) is 1. The standard InChI is InChI=1S/C16H21NO3/c1-11(2)13-7-5-12(6-8-13)10-15(18)17-9-3-4-14(17)16(19)20/h5-8,11,14H,3-4,9-10H2,1-2H3,(H,19,20). The van der Waals surface area contributed by atoms with E-state index in [9.17, 15) is 9.59 Å². The summed E-state index contributed by atoms with van der Waals surface area (Å²) < 4.78 is 0. The molecule has 4 nitrogen and oxygen atoms in total. The highest BCUT2D eigenvalue weighted by atomic mass is 16.4. The number of carbonyl (C=O) groups excluding carboxylic acids is 1. The summed E-state index contributed by atoms with van der Waals surface area (Å²) >= 11 is 0. The fraction of sp³-hybridized carbons (Fsp3) is 0.500. The molecule has 1 aliphatic rings. The van der Waals surface area contributed by atoms with Gasteiger partial charge in [0.1, 0.15) is 6.04 Å². The average molecular weight is 275 g/mol. The van der Waals surface area contributed by atoms with Gasteiger partial charge in [-0.25, -0.2) is 4.79 Å². The van der Waals surface area contributed by atoms with Crippen molar-refractivity contribution < 1.29 is 14.7 Å². The van der Waals surface area contributed by atoms with Crippen LogP contribution in [-0.2, 0) is 16.0 Å². The van der Waals surface area contributed by atoms with Crippen molar-refractivity contribution in [3.63, 3.8) is 0 Å². The Morgan fingerprint density at radius 1 is 1.30 bits per heavy atom. The minimum absolute atomic E-state index is 0.0906. The van der Waals surface area contributed by atoms with Crippen LogP contribution >= 0.6 is 0 Å². The Morgan fingerprint density at radius 3 is 2.50 bits per heavy atom. The van der Waals surface area contributed by atoms with Crippen LogP contribution < -0.4 is 0 Å². The first kappa shape index (κ1) is 14.6. The first-order valence-corrected chi connectivity index (χ1v) is 7.10. The summed E-state index contributed by atoms with van der Waals surface area (Å²) in [5.41, 5.74) is 2.18. The number of aliphatic carboxylic acids is 1. The number of rotatable bonds is 4. The molecule has 1 unspecified atom stereocenters. The summed E-state index contributed by atoms with van der Waals surface area (Å²) in [6.45, 7) is 4.81. The lowest BCUT2D eigenvalue weighted by Crippen LogP contribution is -2.41. The Balaban J connectivity index is 2.02. The zero-order chi connectivity index (χ0) is 14.7. The molecule has 1 atom stereocenters. The van der Waals surface area contributed by atoms with Gasteiger partial charge >= 0.3 is 5.97 Å². The third kappa shape index (κ3) is 3.18. The summed E-state index contributed by atoms with van der Waals surface area (Å²) in [6, 6.07) is 7.34. The van der Waals surface area contributed by atoms with Crippen LogP contribution in [0.1, 0.15) is 43.7 Å². The minimum Gasteiger partial charge on any atom is -0.480 e. The first-order valence-electron chi connectivity index (χ1n) is 7.10. The van der Waals surface area contributed by atoms with Gasteiger partial charge in [0.15, 0.2) is 0 Å². The van der Waals surface area contributed by atoms with Gasteiger partial charge in [-0.2, -0.15) is 0 Å². The molecule has 1 saturated heterocycles. The van der Waals surface area contributed by atoms with E-state index in [1.165, 1.54) is 10.5 Å². The number of benzene rings is 1. The molecule has 4 heteroatoms. The van der Waals surface area contributed by atoms with E-state index < -0.39 is 12.0 Å². The van der Waals surface area contributed by atoms with Crippen LogP contribution in [0.4, 0.5) is 0 Å². The number of hydrogen-bond acceptors (Lipinski definition) is 2. The van der Waals surface area contributed by atoms with Crippen LogP contribution in [0.3, 0.4) is 0 Å². The lowest BCUT2D eigenvalue weighted by atomic mass is 10.0. The molecule has 0 bridgehead atoms. The van der Waals surface area contributed by atoms with E-state index in [4.69, 9.17) is 5.11 Å². The van der Waals surface area contributed by atoms with Crippen molar-refractivity contribution in [2.45, 2.75) is 45.1 Å². The summed E-state index contributed by atoms with van der Waals surface area (Å²) in [4.78, 5) is 24.8. The van der Waals surface area contributed by atoms with Crippen LogP contribution in [0.5, 0.6) is 0 Å². The maximum Gasteiger partial charge on any atom is 0.326 e. The molecule has 1 aromatic carbocycles. The summed E-state index contributed by atoms with van der Waals surface area (Å²) in [5, 5.41) is 9.10. The van der Waals surface area contributed by atoms with Crippen LogP contribution in [-0.4, -0.2) is 34.5 Å². The van der Waals surface area contributed by atoms with Crippen LogP contribution in [0.15, 0.2) is 24.3 Å². The Bertz CT molecular complexity index is 493. The fourth-order valence-corrected chi connectivity index (χ4v) is 2.62. The highest BCUT2D eigenvalue weighted by molar-refractivity contribution is 5.85. The van der Waals surface area contributed by atoms with Crippen LogP contribution in [0.2, 0.25) is 0 Å². The second kappa shape index (κ2) is 6.07. The highest BCUT2D eigenvalue weighted by Crippen LogP contribution is 2.20. The third-order valence-electron chi connectivity index (χ3n) is 3.86. The number of carboxylic acid groups (broad SMARTS) is 1. The summed E-state index contributed by atoms with van der Waals surface area (Å²) in [7, 11) is 0. The van der Waals surface area contributed by atoms with Gasteiger partial charge in [0, 0.05) is 6.54 Å². The summed E-state index contributed by atoms with van der Waals surface area (Å²) in [5.74, 6) is -0.520. The van der Waals surface area contributed by atoms with Crippen molar-refractivity contribution >= 4 is 11.9 Å². The van der Waals surface area contributed by atoms with Crippen molar-refractivity contribution in [2.24, 2.45) is 0 Å². The van der Waals surface area contributed by atoms with Gasteiger partial charge in [-0.05, 0) is 29.9 Å². The van der Waals surface area contributed by atoms with Crippen molar-refractivity contribution in [1.29, 1.82) is 0 Å². The van der Waals surface area contributed by atoms with E-state index in [1.807, 2.05) is 24.3 Å². The molecule has 0 aromatic heterocycles. The van der Waals surface area contributed by atoms with Gasteiger partial charge in [0.25, 0.3) is 0 Å². The van der Waals surface area contributed by atoms with E-state index in [-0.39, 0.29) is 12.3 Å². The number of carbonyl (C=O) groups is 2. The maximum absolute atomic E-state index is 12.2. The predicted molar refractivity (Wildman–Crippen MR) is 76.6 cm³/mol. The topological polar surface area (TPSA) is 57.6 Å². The molecule has 1 aliphatic heterocycles. The molecule has 1 aromatic rings. The molecular formula is C16H21NO3. The number of nitrogens with zero attached hydrogens (tertiary/aromatic N) is 1. The second-order valence-corrected chi connectivity index (χ2v) is 5.66. The highest BCUT2D eigenvalue weighted by Gasteiger charge is 2.33. The zero-order valence-electron chi connectivity index (χ0n) is 12.0. The second-order valence-electron chi connectivity index (χ2n) is 5.66. The molecule has 0 saturated carbocycles. The Morgan fingerprint density at radius 2 is 1.95 bits per heavy atom. The van der Waals surface area contributed by atoms with Gasteiger partial charge < -0.3 is 10.0 Å². The predicted octanol–water partition coefficient (Wildman–Crippen LogP) is 2.43. The number of carboxylic acids is 1. The molecule has 108 valence electrons. The first-order chi connectivity index (χ1) is 9.49. The van der Waals surface area contributed by atoms with Crippen molar-refractivity contribution in [3.05, 3.63) is 35.4 Å². The molecule has 0 radical (unpaired) electrons. The average Bonchev–Trinajstić information content (AvgIpc) is 2.88. The van der Waals surface area contributed by atoms with Gasteiger partial charge in [-0.1, -0.05) is 38.1 Å². The molecule has 1 N–H and O–H groups in total. The van der Waals surface area contributed by atoms with Crippen molar-refractivity contribution in [2.75, 3.05) is 6.54 Å². The van der Waals surface area contributed by atoms with Crippen molar-refractivity contribution in [3.8, 4) is 0 Å². The lowest BCUT2D eigenvalue weighted by Gasteiger charge is -2.21. The van der Waals surface area contributed by atoms with Crippen LogP contribution in [0.25, 0.3) is 0 Å².